The highest BCUT2D eigenvalue weighted by atomic mass is 16.6. The number of amides is 3. The van der Waals surface area contributed by atoms with Crippen molar-refractivity contribution in [3.8, 4) is 0 Å². The molecular weight excluding hydrogens is 550 g/mol. The van der Waals surface area contributed by atoms with Crippen LogP contribution in [0.15, 0.2) is 60.7 Å². The van der Waals surface area contributed by atoms with E-state index < -0.39 is 53.7 Å². The van der Waals surface area contributed by atoms with Crippen LogP contribution in [0.3, 0.4) is 0 Å². The number of esters is 1. The molecule has 0 aromatic heterocycles. The van der Waals surface area contributed by atoms with E-state index in [4.69, 9.17) is 9.47 Å². The first-order valence-electron chi connectivity index (χ1n) is 14.9. The number of hydrogen-bond donors (Lipinski definition) is 3. The second kappa shape index (κ2) is 15.6. The Morgan fingerprint density at radius 1 is 0.977 bits per heavy atom. The monoisotopic (exact) mass is 595 g/mol. The lowest BCUT2D eigenvalue weighted by molar-refractivity contribution is -0.172. The lowest BCUT2D eigenvalue weighted by atomic mass is 9.97. The van der Waals surface area contributed by atoms with Gasteiger partial charge in [0.1, 0.15) is 30.4 Å². The summed E-state index contributed by atoms with van der Waals surface area (Å²) in [4.78, 5) is 55.8. The van der Waals surface area contributed by atoms with Crippen LogP contribution in [0.4, 0.5) is 4.79 Å². The van der Waals surface area contributed by atoms with Crippen molar-refractivity contribution in [1.29, 1.82) is 0 Å². The molecule has 2 aromatic rings. The maximum absolute atomic E-state index is 14.4. The summed E-state index contributed by atoms with van der Waals surface area (Å²) in [7, 11) is 0. The molecule has 2 aromatic carbocycles. The van der Waals surface area contributed by atoms with E-state index in [1.165, 1.54) is 0 Å². The molecule has 0 radical (unpaired) electrons. The van der Waals surface area contributed by atoms with Crippen molar-refractivity contribution in [2.24, 2.45) is 5.92 Å². The van der Waals surface area contributed by atoms with Gasteiger partial charge in [-0.25, -0.2) is 9.59 Å². The number of ether oxygens (including phenoxy) is 2. The molecule has 1 saturated heterocycles. The van der Waals surface area contributed by atoms with Crippen molar-refractivity contribution in [1.82, 2.24) is 15.5 Å². The SMILES string of the molecule is CC(C)C[C@H](C(=O)OC(C)(C)C)N(C(=O)C(Cc1ccccc1)NC(=O)OCc1ccccc1)C(=O)C(O)C1CCCN1. The Morgan fingerprint density at radius 2 is 1.58 bits per heavy atom. The van der Waals surface area contributed by atoms with Crippen LogP contribution < -0.4 is 10.6 Å². The Kier molecular flexibility index (Phi) is 12.3. The topological polar surface area (TPSA) is 134 Å². The number of carbonyl (C=O) groups excluding carboxylic acids is 4. The van der Waals surface area contributed by atoms with Crippen LogP contribution in [0.5, 0.6) is 0 Å². The van der Waals surface area contributed by atoms with Crippen molar-refractivity contribution in [3.05, 3.63) is 71.8 Å². The molecule has 3 amide bonds. The van der Waals surface area contributed by atoms with Crippen molar-refractivity contribution < 1.29 is 33.8 Å². The number of nitrogens with one attached hydrogen (secondary N) is 2. The smallest absolute Gasteiger partial charge is 0.408 e. The van der Waals surface area contributed by atoms with Gasteiger partial charge in [0.2, 0.25) is 0 Å². The quantitative estimate of drug-likeness (QED) is 0.316. The van der Waals surface area contributed by atoms with Gasteiger partial charge in [0, 0.05) is 12.5 Å². The average Bonchev–Trinajstić information content (AvgIpc) is 3.50. The van der Waals surface area contributed by atoms with Gasteiger partial charge in [0.25, 0.3) is 11.8 Å². The predicted molar refractivity (Wildman–Crippen MR) is 162 cm³/mol. The predicted octanol–water partition coefficient (Wildman–Crippen LogP) is 3.75. The van der Waals surface area contributed by atoms with Gasteiger partial charge in [-0.3, -0.25) is 14.5 Å². The van der Waals surface area contributed by atoms with Crippen LogP contribution in [0.2, 0.25) is 0 Å². The second-order valence-electron chi connectivity index (χ2n) is 12.3. The lowest BCUT2D eigenvalue weighted by Gasteiger charge is -2.36. The van der Waals surface area contributed by atoms with Crippen LogP contribution in [-0.4, -0.2) is 70.3 Å². The molecule has 0 aliphatic carbocycles. The number of aliphatic hydroxyl groups is 1. The summed E-state index contributed by atoms with van der Waals surface area (Å²) in [5.74, 6) is -2.63. The Balaban J connectivity index is 1.98. The van der Waals surface area contributed by atoms with E-state index in [1.807, 2.05) is 38.1 Å². The summed E-state index contributed by atoms with van der Waals surface area (Å²) in [6, 6.07) is 14.9. The van der Waals surface area contributed by atoms with Gasteiger partial charge < -0.3 is 25.2 Å². The first-order chi connectivity index (χ1) is 20.4. The van der Waals surface area contributed by atoms with Crippen LogP contribution >= 0.6 is 0 Å². The standard InChI is InChI=1S/C33H45N3O7/c1-22(2)19-27(31(40)43-33(3,4)5)36(30(39)28(37)25-17-12-18-34-25)29(38)26(20-23-13-8-6-9-14-23)35-32(41)42-21-24-15-10-7-11-16-24/h6-11,13-16,22,25-28,34,37H,12,17-21H2,1-5H3,(H,35,41)/t25?,26?,27-,28?/m1/s1. The van der Waals surface area contributed by atoms with Gasteiger partial charge in [0.15, 0.2) is 0 Å². The molecular formula is C33H45N3O7. The molecule has 1 aliphatic rings. The van der Waals surface area contributed by atoms with Crippen LogP contribution in [-0.2, 0) is 36.9 Å². The number of hydrogen-bond acceptors (Lipinski definition) is 8. The fraction of sp³-hybridized carbons (Fsp3) is 0.515. The van der Waals surface area contributed by atoms with Gasteiger partial charge in [-0.05, 0) is 63.6 Å². The van der Waals surface area contributed by atoms with Crippen molar-refractivity contribution >= 4 is 23.9 Å². The molecule has 1 heterocycles. The number of imide groups is 1. The Bertz CT molecular complexity index is 1210. The zero-order valence-electron chi connectivity index (χ0n) is 25.7. The molecule has 1 fully saturated rings. The fourth-order valence-corrected chi connectivity index (χ4v) is 4.96. The molecule has 0 spiro atoms. The van der Waals surface area contributed by atoms with Crippen LogP contribution in [0.25, 0.3) is 0 Å². The molecule has 10 heteroatoms. The van der Waals surface area contributed by atoms with E-state index in [9.17, 15) is 24.3 Å². The van der Waals surface area contributed by atoms with Gasteiger partial charge >= 0.3 is 12.1 Å². The highest BCUT2D eigenvalue weighted by Crippen LogP contribution is 2.22. The number of benzene rings is 2. The Labute approximate surface area is 254 Å². The molecule has 4 atom stereocenters. The maximum atomic E-state index is 14.4. The number of carbonyl (C=O) groups is 4. The minimum absolute atomic E-state index is 0.0182. The average molecular weight is 596 g/mol. The van der Waals surface area contributed by atoms with Gasteiger partial charge in [-0.1, -0.05) is 74.5 Å². The number of alkyl carbamates (subject to hydrolysis) is 1. The highest BCUT2D eigenvalue weighted by molar-refractivity contribution is 6.04. The molecule has 1 aliphatic heterocycles. The maximum Gasteiger partial charge on any atom is 0.408 e. The van der Waals surface area contributed by atoms with E-state index in [0.717, 1.165) is 16.9 Å². The Morgan fingerprint density at radius 3 is 2.12 bits per heavy atom. The third-order valence-corrected chi connectivity index (χ3v) is 6.98. The molecule has 3 N–H and O–H groups in total. The third kappa shape index (κ3) is 10.5. The van der Waals surface area contributed by atoms with Gasteiger partial charge in [-0.15, -0.1) is 0 Å². The molecule has 3 unspecified atom stereocenters. The van der Waals surface area contributed by atoms with Crippen molar-refractivity contribution in [3.63, 3.8) is 0 Å². The minimum atomic E-state index is -1.58. The van der Waals surface area contributed by atoms with E-state index in [2.05, 4.69) is 10.6 Å². The van der Waals surface area contributed by atoms with E-state index in [-0.39, 0.29) is 25.4 Å². The van der Waals surface area contributed by atoms with Gasteiger partial charge in [0.05, 0.1) is 0 Å². The summed E-state index contributed by atoms with van der Waals surface area (Å²) >= 11 is 0. The molecule has 0 bridgehead atoms. The number of nitrogens with zero attached hydrogens (tertiary/aromatic N) is 1. The van der Waals surface area contributed by atoms with Crippen molar-refractivity contribution in [2.45, 2.75) is 96.7 Å². The zero-order chi connectivity index (χ0) is 31.6. The summed E-state index contributed by atoms with van der Waals surface area (Å²) in [5, 5.41) is 16.8. The van der Waals surface area contributed by atoms with Crippen LogP contribution in [0, 0.1) is 5.92 Å². The lowest BCUT2D eigenvalue weighted by Crippen LogP contribution is -2.61. The van der Waals surface area contributed by atoms with Crippen molar-refractivity contribution in [2.75, 3.05) is 6.54 Å². The zero-order valence-corrected chi connectivity index (χ0v) is 25.7. The number of rotatable bonds is 12. The number of aliphatic hydroxyl groups excluding tert-OH is 1. The minimum Gasteiger partial charge on any atom is -0.458 e. The normalized spacial score (nSPS) is 17.0. The summed E-state index contributed by atoms with van der Waals surface area (Å²) in [5.41, 5.74) is 0.584. The summed E-state index contributed by atoms with van der Waals surface area (Å²) in [6.45, 7) is 9.42. The fourth-order valence-electron chi connectivity index (χ4n) is 4.96. The molecule has 10 nitrogen and oxygen atoms in total. The third-order valence-electron chi connectivity index (χ3n) is 6.98. The van der Waals surface area contributed by atoms with E-state index in [0.29, 0.717) is 18.5 Å². The van der Waals surface area contributed by atoms with E-state index in [1.54, 1.807) is 57.2 Å². The molecule has 0 saturated carbocycles. The first-order valence-corrected chi connectivity index (χ1v) is 14.9. The summed E-state index contributed by atoms with van der Waals surface area (Å²) < 4.78 is 11.1. The van der Waals surface area contributed by atoms with Gasteiger partial charge in [-0.2, -0.15) is 0 Å². The molecule has 234 valence electrons. The largest absolute Gasteiger partial charge is 0.458 e. The van der Waals surface area contributed by atoms with E-state index >= 15 is 0 Å². The Hall–Kier alpha value is -3.76. The second-order valence-corrected chi connectivity index (χ2v) is 12.3. The van der Waals surface area contributed by atoms with Crippen LogP contribution in [0.1, 0.15) is 65.0 Å². The highest BCUT2D eigenvalue weighted by Gasteiger charge is 2.44. The molecule has 43 heavy (non-hydrogen) atoms. The first kappa shape index (κ1) is 33.7. The summed E-state index contributed by atoms with van der Waals surface area (Å²) in [6.07, 6.45) is -1.02. The molecule has 3 rings (SSSR count).